The summed E-state index contributed by atoms with van der Waals surface area (Å²) in [5, 5.41) is 12.3. The maximum atomic E-state index is 13.4. The number of amides is 1. The minimum atomic E-state index is -0.783. The van der Waals surface area contributed by atoms with E-state index < -0.39 is 5.97 Å². The monoisotopic (exact) mass is 508 g/mol. The molecule has 1 amide bonds. The van der Waals surface area contributed by atoms with Crippen LogP contribution in [0.15, 0.2) is 12.1 Å². The molecule has 7 nitrogen and oxygen atoms in total. The van der Waals surface area contributed by atoms with E-state index in [1.165, 1.54) is 32.1 Å². The normalized spacial score (nSPS) is 20.9. The molecule has 2 saturated carbocycles. The van der Waals surface area contributed by atoms with Crippen LogP contribution in [0.5, 0.6) is 0 Å². The second kappa shape index (κ2) is 10.2. The van der Waals surface area contributed by atoms with Crippen LogP contribution in [-0.2, 0) is 29.1 Å². The van der Waals surface area contributed by atoms with Crippen molar-refractivity contribution >= 4 is 11.9 Å². The van der Waals surface area contributed by atoms with E-state index in [9.17, 15) is 14.7 Å². The Labute approximate surface area is 221 Å². The van der Waals surface area contributed by atoms with Crippen molar-refractivity contribution < 1.29 is 14.7 Å². The summed E-state index contributed by atoms with van der Waals surface area (Å²) < 4.78 is 2.04. The molecule has 0 unspecified atom stereocenters. The average molecular weight is 509 g/mol. The van der Waals surface area contributed by atoms with Gasteiger partial charge in [-0.15, -0.1) is 0 Å². The Hall–Kier alpha value is -2.70. The van der Waals surface area contributed by atoms with Crippen LogP contribution < -0.4 is 5.32 Å². The van der Waals surface area contributed by atoms with Crippen LogP contribution in [0.1, 0.15) is 114 Å². The molecule has 37 heavy (non-hydrogen) atoms. The minimum Gasteiger partial charge on any atom is -0.481 e. The van der Waals surface area contributed by atoms with Crippen molar-refractivity contribution in [1.82, 2.24) is 19.9 Å². The lowest BCUT2D eigenvalue weighted by atomic mass is 9.80. The molecule has 2 aromatic rings. The van der Waals surface area contributed by atoms with Gasteiger partial charge in [-0.05, 0) is 37.3 Å². The highest BCUT2D eigenvalue weighted by atomic mass is 16.4. The largest absolute Gasteiger partial charge is 0.481 e. The lowest BCUT2D eigenvalue weighted by Gasteiger charge is -2.32. The topological polar surface area (TPSA) is 97.1 Å². The molecule has 0 aromatic carbocycles. The van der Waals surface area contributed by atoms with E-state index >= 15 is 0 Å². The summed E-state index contributed by atoms with van der Waals surface area (Å²) in [5.74, 6) is 0.125. The van der Waals surface area contributed by atoms with Crippen LogP contribution in [-0.4, -0.2) is 37.6 Å². The summed E-state index contributed by atoms with van der Waals surface area (Å²) in [6.07, 6.45) is 8.17. The van der Waals surface area contributed by atoms with Gasteiger partial charge in [0.25, 0.3) is 5.91 Å². The van der Waals surface area contributed by atoms with E-state index in [1.807, 2.05) is 17.7 Å². The smallest absolute Gasteiger partial charge is 0.306 e. The van der Waals surface area contributed by atoms with Gasteiger partial charge in [0.2, 0.25) is 0 Å². The van der Waals surface area contributed by atoms with Gasteiger partial charge in [-0.2, -0.15) is 0 Å². The zero-order chi connectivity index (χ0) is 27.1. The number of aromatic nitrogens is 3. The van der Waals surface area contributed by atoms with Gasteiger partial charge < -0.3 is 15.0 Å². The van der Waals surface area contributed by atoms with Gasteiger partial charge >= 0.3 is 5.97 Å². The van der Waals surface area contributed by atoms with Crippen LogP contribution in [0.4, 0.5) is 0 Å². The molecule has 2 aliphatic rings. The average Bonchev–Trinajstić information content (AvgIpc) is 3.11. The van der Waals surface area contributed by atoms with E-state index in [1.54, 1.807) is 0 Å². The molecule has 2 N–H and O–H groups in total. The molecule has 4 rings (SSSR count). The lowest BCUT2D eigenvalue weighted by Crippen LogP contribution is -2.47. The fourth-order valence-corrected chi connectivity index (χ4v) is 5.50. The predicted molar refractivity (Wildman–Crippen MR) is 146 cm³/mol. The summed E-state index contributed by atoms with van der Waals surface area (Å²) in [6, 6.07) is 4.00. The molecule has 0 saturated heterocycles. The van der Waals surface area contributed by atoms with Crippen LogP contribution in [0.25, 0.3) is 11.3 Å². The molecule has 2 fully saturated rings. The quantitative estimate of drug-likeness (QED) is 0.514. The second-order valence-electron chi connectivity index (χ2n) is 13.3. The van der Waals surface area contributed by atoms with E-state index in [2.05, 4.69) is 52.9 Å². The molecule has 2 heterocycles. The van der Waals surface area contributed by atoms with Crippen molar-refractivity contribution in [2.45, 2.75) is 110 Å². The number of nitrogens with one attached hydrogen (secondary N) is 1. The Morgan fingerprint density at radius 3 is 2.22 bits per heavy atom. The number of nitrogens with zero attached hydrogens (tertiary/aromatic N) is 3. The van der Waals surface area contributed by atoms with Gasteiger partial charge in [-0.3, -0.25) is 9.59 Å². The zero-order valence-electron chi connectivity index (χ0n) is 23.6. The third kappa shape index (κ3) is 6.07. The van der Waals surface area contributed by atoms with Crippen molar-refractivity contribution in [3.63, 3.8) is 0 Å². The number of hydrogen-bond acceptors (Lipinski definition) is 4. The Morgan fingerprint density at radius 2 is 1.65 bits per heavy atom. The fourth-order valence-electron chi connectivity index (χ4n) is 5.50. The molecule has 0 atom stereocenters. The number of carboxylic acid groups (broad SMARTS) is 1. The second-order valence-corrected chi connectivity index (χ2v) is 13.3. The number of carbonyl (C=O) groups excluding carboxylic acids is 1. The zero-order valence-corrected chi connectivity index (χ0v) is 23.6. The molecular weight excluding hydrogens is 464 g/mol. The van der Waals surface area contributed by atoms with Crippen molar-refractivity contribution in [2.24, 2.45) is 18.9 Å². The number of carboxylic acids is 1. The molecule has 202 valence electrons. The molecule has 0 spiro atoms. The van der Waals surface area contributed by atoms with Crippen LogP contribution in [0.2, 0.25) is 0 Å². The van der Waals surface area contributed by atoms with Gasteiger partial charge in [-0.1, -0.05) is 73.6 Å². The summed E-state index contributed by atoms with van der Waals surface area (Å²) in [4.78, 5) is 34.6. The van der Waals surface area contributed by atoms with Gasteiger partial charge in [0, 0.05) is 35.2 Å². The number of rotatable bonds is 6. The molecule has 0 bridgehead atoms. The highest BCUT2D eigenvalue weighted by molar-refractivity contribution is 5.95. The third-order valence-corrected chi connectivity index (χ3v) is 8.06. The first-order valence-corrected chi connectivity index (χ1v) is 13.9. The molecule has 0 aliphatic heterocycles. The van der Waals surface area contributed by atoms with Crippen molar-refractivity contribution in [2.75, 3.05) is 0 Å². The maximum absolute atomic E-state index is 13.4. The third-order valence-electron chi connectivity index (χ3n) is 8.06. The van der Waals surface area contributed by atoms with Crippen molar-refractivity contribution in [1.29, 1.82) is 0 Å². The van der Waals surface area contributed by atoms with Crippen LogP contribution in [0, 0.1) is 11.8 Å². The van der Waals surface area contributed by atoms with Gasteiger partial charge in [-0.25, -0.2) is 9.97 Å². The van der Waals surface area contributed by atoms with E-state index in [0.29, 0.717) is 24.5 Å². The van der Waals surface area contributed by atoms with Crippen molar-refractivity contribution in [3.8, 4) is 11.3 Å². The summed E-state index contributed by atoms with van der Waals surface area (Å²) in [6.45, 7) is 12.9. The molecule has 2 aliphatic carbocycles. The van der Waals surface area contributed by atoms with Crippen molar-refractivity contribution in [3.05, 3.63) is 35.0 Å². The first-order chi connectivity index (χ1) is 17.2. The molecule has 0 radical (unpaired) electrons. The molecular formula is C30H44N4O3. The van der Waals surface area contributed by atoms with E-state index in [0.717, 1.165) is 34.9 Å². The van der Waals surface area contributed by atoms with Crippen LogP contribution in [0.3, 0.4) is 0 Å². The Morgan fingerprint density at radius 1 is 1.00 bits per heavy atom. The predicted octanol–water partition coefficient (Wildman–Crippen LogP) is 5.79. The summed E-state index contributed by atoms with van der Waals surface area (Å²) in [5.41, 5.74) is 4.28. The minimum absolute atomic E-state index is 0.0900. The number of aliphatic carboxylic acids is 1. The Kier molecular flexibility index (Phi) is 7.55. The molecule has 7 heteroatoms. The first kappa shape index (κ1) is 27.3. The SMILES string of the molecule is Cn1c(C(=O)NC2CC(C(=O)O)C2)cc(-c2cc(C(C)(C)C)nc(C(C)(C)C)n2)c1CC1CCCCC1. The van der Waals surface area contributed by atoms with E-state index in [4.69, 9.17) is 9.97 Å². The molecule has 2 aromatic heterocycles. The van der Waals surface area contributed by atoms with E-state index in [-0.39, 0.29) is 28.7 Å². The van der Waals surface area contributed by atoms with Gasteiger partial charge in [0.1, 0.15) is 11.5 Å². The first-order valence-electron chi connectivity index (χ1n) is 13.9. The lowest BCUT2D eigenvalue weighted by molar-refractivity contribution is -0.145. The Bertz CT molecular complexity index is 1120. The number of carbonyl (C=O) groups is 2. The van der Waals surface area contributed by atoms with Gasteiger partial charge in [0.15, 0.2) is 0 Å². The highest BCUT2D eigenvalue weighted by Crippen LogP contribution is 2.36. The highest BCUT2D eigenvalue weighted by Gasteiger charge is 2.36. The van der Waals surface area contributed by atoms with Crippen LogP contribution >= 0.6 is 0 Å². The van der Waals surface area contributed by atoms with Gasteiger partial charge in [0.05, 0.1) is 17.3 Å². The fraction of sp³-hybridized carbons (Fsp3) is 0.667. The number of hydrogen-bond donors (Lipinski definition) is 2. The standard InChI is InChI=1S/C30H44N4O3/c1-29(2,3)25-17-22(32-28(33-25)30(4,5)6)21-16-24(26(35)31-20-14-19(15-20)27(36)37)34(7)23(21)13-18-11-9-8-10-12-18/h16-20H,8-15H2,1-7H3,(H,31,35)(H,36,37). The Balaban J connectivity index is 1.75. The maximum Gasteiger partial charge on any atom is 0.306 e. The summed E-state index contributed by atoms with van der Waals surface area (Å²) >= 11 is 0. The summed E-state index contributed by atoms with van der Waals surface area (Å²) in [7, 11) is 1.98.